The minimum atomic E-state index is -0.544. The van der Waals surface area contributed by atoms with Crippen LogP contribution < -0.4 is 5.32 Å². The highest BCUT2D eigenvalue weighted by atomic mass is 19.1. The molecule has 0 saturated heterocycles. The molecule has 7 heteroatoms. The van der Waals surface area contributed by atoms with E-state index < -0.39 is 6.09 Å². The van der Waals surface area contributed by atoms with Gasteiger partial charge in [0, 0.05) is 23.4 Å². The Hall–Kier alpha value is -3.19. The minimum absolute atomic E-state index is 0.172. The van der Waals surface area contributed by atoms with Gasteiger partial charge in [-0.1, -0.05) is 6.07 Å². The number of aryl methyl sites for hydroxylation is 2. The van der Waals surface area contributed by atoms with Crippen molar-refractivity contribution >= 4 is 11.8 Å². The number of benzene rings is 2. The normalized spacial score (nSPS) is 12.3. The molecule has 0 aliphatic carbocycles. The standard InChI is InChI=1S/C21H20FN3O3/c1-12-9-14(22)4-6-16(12)19-18(11-26)25-8-7-13-3-5-15(23-21(27)28-2)10-17(13)20(25)24-19/h3-6,9-10,26H,7-8,11H2,1-2H3,(H,23,27). The zero-order valence-electron chi connectivity index (χ0n) is 15.6. The summed E-state index contributed by atoms with van der Waals surface area (Å²) in [5, 5.41) is 12.7. The molecule has 1 amide bonds. The van der Waals surface area contributed by atoms with Gasteiger partial charge in [-0.3, -0.25) is 5.32 Å². The number of carbonyl (C=O) groups is 1. The minimum Gasteiger partial charge on any atom is -0.453 e. The van der Waals surface area contributed by atoms with Crippen LogP contribution in [-0.4, -0.2) is 27.9 Å². The van der Waals surface area contributed by atoms with E-state index in [-0.39, 0.29) is 12.4 Å². The molecule has 0 saturated carbocycles. The van der Waals surface area contributed by atoms with E-state index in [1.54, 1.807) is 6.07 Å². The zero-order valence-corrected chi connectivity index (χ0v) is 15.6. The Labute approximate surface area is 161 Å². The van der Waals surface area contributed by atoms with Crippen LogP contribution >= 0.6 is 0 Å². The molecule has 2 N–H and O–H groups in total. The predicted molar refractivity (Wildman–Crippen MR) is 103 cm³/mol. The first-order valence-corrected chi connectivity index (χ1v) is 8.97. The van der Waals surface area contributed by atoms with Crippen molar-refractivity contribution in [2.24, 2.45) is 0 Å². The number of aromatic nitrogens is 2. The molecule has 0 spiro atoms. The summed E-state index contributed by atoms with van der Waals surface area (Å²) in [5.41, 5.74) is 5.49. The Morgan fingerprint density at radius 1 is 1.29 bits per heavy atom. The Bertz CT molecular complexity index is 1070. The van der Waals surface area contributed by atoms with Crippen molar-refractivity contribution in [1.29, 1.82) is 0 Å². The third-order valence-electron chi connectivity index (χ3n) is 5.05. The number of aliphatic hydroxyl groups excluding tert-OH is 1. The zero-order chi connectivity index (χ0) is 19.8. The summed E-state index contributed by atoms with van der Waals surface area (Å²) in [6, 6.07) is 10.2. The number of rotatable bonds is 3. The quantitative estimate of drug-likeness (QED) is 0.722. The summed E-state index contributed by atoms with van der Waals surface area (Å²) >= 11 is 0. The highest BCUT2D eigenvalue weighted by Gasteiger charge is 2.25. The molecule has 1 aromatic heterocycles. The number of halogens is 1. The summed E-state index contributed by atoms with van der Waals surface area (Å²) in [6.45, 7) is 2.34. The maximum absolute atomic E-state index is 13.5. The number of carbonyl (C=O) groups excluding carboxylic acids is 1. The number of aliphatic hydroxyl groups is 1. The second-order valence-electron chi connectivity index (χ2n) is 6.74. The molecular weight excluding hydrogens is 361 g/mol. The first-order valence-electron chi connectivity index (χ1n) is 8.97. The number of hydrogen-bond donors (Lipinski definition) is 2. The van der Waals surface area contributed by atoms with E-state index in [0.29, 0.717) is 23.6 Å². The fourth-order valence-electron chi connectivity index (χ4n) is 3.68. The van der Waals surface area contributed by atoms with Crippen LogP contribution in [0.3, 0.4) is 0 Å². The number of amides is 1. The maximum Gasteiger partial charge on any atom is 0.411 e. The summed E-state index contributed by atoms with van der Waals surface area (Å²) in [5.74, 6) is 0.414. The van der Waals surface area contributed by atoms with Gasteiger partial charge in [0.2, 0.25) is 0 Å². The second-order valence-corrected chi connectivity index (χ2v) is 6.74. The highest BCUT2D eigenvalue weighted by Crippen LogP contribution is 2.37. The number of anilines is 1. The molecule has 2 aromatic carbocycles. The molecule has 0 unspecified atom stereocenters. The van der Waals surface area contributed by atoms with E-state index in [0.717, 1.165) is 34.5 Å². The average molecular weight is 381 g/mol. The molecule has 0 fully saturated rings. The van der Waals surface area contributed by atoms with Gasteiger partial charge in [-0.15, -0.1) is 0 Å². The number of ether oxygens (including phenoxy) is 1. The van der Waals surface area contributed by atoms with Gasteiger partial charge >= 0.3 is 6.09 Å². The number of imidazole rings is 1. The predicted octanol–water partition coefficient (Wildman–Crippen LogP) is 3.89. The van der Waals surface area contributed by atoms with Crippen molar-refractivity contribution in [3.8, 4) is 22.6 Å². The number of fused-ring (bicyclic) bond motifs is 3. The van der Waals surface area contributed by atoms with Crippen LogP contribution in [0.1, 0.15) is 16.8 Å². The first-order chi connectivity index (χ1) is 13.5. The van der Waals surface area contributed by atoms with E-state index in [4.69, 9.17) is 4.98 Å². The third kappa shape index (κ3) is 3.03. The van der Waals surface area contributed by atoms with E-state index in [9.17, 15) is 14.3 Å². The molecule has 4 rings (SSSR count). The number of nitrogens with one attached hydrogen (secondary N) is 1. The van der Waals surface area contributed by atoms with Crippen LogP contribution in [0.25, 0.3) is 22.6 Å². The molecule has 0 bridgehead atoms. The van der Waals surface area contributed by atoms with Crippen LogP contribution in [0.2, 0.25) is 0 Å². The lowest BCUT2D eigenvalue weighted by atomic mass is 10.00. The smallest absolute Gasteiger partial charge is 0.411 e. The van der Waals surface area contributed by atoms with Crippen LogP contribution in [-0.2, 0) is 24.3 Å². The topological polar surface area (TPSA) is 76.4 Å². The summed E-state index contributed by atoms with van der Waals surface area (Å²) in [4.78, 5) is 16.3. The van der Waals surface area contributed by atoms with E-state index in [1.165, 1.54) is 19.2 Å². The summed E-state index contributed by atoms with van der Waals surface area (Å²) in [7, 11) is 1.31. The number of nitrogens with zero attached hydrogens (tertiary/aromatic N) is 2. The monoisotopic (exact) mass is 381 g/mol. The Morgan fingerprint density at radius 3 is 2.82 bits per heavy atom. The largest absolute Gasteiger partial charge is 0.453 e. The molecule has 28 heavy (non-hydrogen) atoms. The lowest BCUT2D eigenvalue weighted by molar-refractivity contribution is 0.187. The molecule has 2 heterocycles. The van der Waals surface area contributed by atoms with E-state index >= 15 is 0 Å². The van der Waals surface area contributed by atoms with Gasteiger partial charge in [-0.05, 0) is 54.8 Å². The fraction of sp³-hybridized carbons (Fsp3) is 0.238. The van der Waals surface area contributed by atoms with Crippen LogP contribution in [0, 0.1) is 12.7 Å². The molecule has 144 valence electrons. The van der Waals surface area contributed by atoms with Crippen molar-refractivity contribution in [3.05, 3.63) is 59.0 Å². The van der Waals surface area contributed by atoms with Gasteiger partial charge in [0.15, 0.2) is 0 Å². The van der Waals surface area contributed by atoms with E-state index in [1.807, 2.05) is 29.7 Å². The summed E-state index contributed by atoms with van der Waals surface area (Å²) < 4.78 is 20.2. The Balaban J connectivity index is 1.85. The first kappa shape index (κ1) is 18.2. The van der Waals surface area contributed by atoms with Gasteiger partial charge in [-0.25, -0.2) is 14.2 Å². The number of methoxy groups -OCH3 is 1. The molecule has 6 nitrogen and oxygen atoms in total. The van der Waals surface area contributed by atoms with Crippen molar-refractivity contribution < 1.29 is 19.0 Å². The van der Waals surface area contributed by atoms with Crippen LogP contribution in [0.4, 0.5) is 14.9 Å². The second kappa shape index (κ2) is 7.09. The van der Waals surface area contributed by atoms with Crippen molar-refractivity contribution in [3.63, 3.8) is 0 Å². The van der Waals surface area contributed by atoms with Crippen LogP contribution in [0.15, 0.2) is 36.4 Å². The van der Waals surface area contributed by atoms with Gasteiger partial charge in [0.05, 0.1) is 25.1 Å². The lowest BCUT2D eigenvalue weighted by Gasteiger charge is -2.20. The van der Waals surface area contributed by atoms with Gasteiger partial charge in [0.25, 0.3) is 0 Å². The van der Waals surface area contributed by atoms with Crippen molar-refractivity contribution in [2.45, 2.75) is 26.5 Å². The van der Waals surface area contributed by atoms with Gasteiger partial charge in [-0.2, -0.15) is 0 Å². The molecular formula is C21H20FN3O3. The SMILES string of the molecule is COC(=O)Nc1ccc2c(c1)-c1nc(-c3ccc(F)cc3C)c(CO)n1CC2. The summed E-state index contributed by atoms with van der Waals surface area (Å²) in [6.07, 6.45) is 0.240. The van der Waals surface area contributed by atoms with Gasteiger partial charge < -0.3 is 14.4 Å². The lowest BCUT2D eigenvalue weighted by Crippen LogP contribution is -2.15. The molecule has 1 aliphatic rings. The van der Waals surface area contributed by atoms with Crippen LogP contribution in [0.5, 0.6) is 0 Å². The molecule has 0 radical (unpaired) electrons. The highest BCUT2D eigenvalue weighted by molar-refractivity contribution is 5.86. The molecule has 1 aliphatic heterocycles. The molecule has 0 atom stereocenters. The Kier molecular flexibility index (Phi) is 4.60. The molecule has 3 aromatic rings. The maximum atomic E-state index is 13.5. The third-order valence-corrected chi connectivity index (χ3v) is 5.05. The Morgan fingerprint density at radius 2 is 2.11 bits per heavy atom. The van der Waals surface area contributed by atoms with Gasteiger partial charge in [0.1, 0.15) is 11.6 Å². The number of hydrogen-bond acceptors (Lipinski definition) is 4. The fourth-order valence-corrected chi connectivity index (χ4v) is 3.68. The van der Waals surface area contributed by atoms with Crippen molar-refractivity contribution in [2.75, 3.05) is 12.4 Å². The average Bonchev–Trinajstić information content (AvgIpc) is 3.06. The van der Waals surface area contributed by atoms with E-state index in [2.05, 4.69) is 10.1 Å². The van der Waals surface area contributed by atoms with Crippen molar-refractivity contribution in [1.82, 2.24) is 9.55 Å².